The van der Waals surface area contributed by atoms with Gasteiger partial charge >= 0.3 is 0 Å². The molecule has 6 nitrogen and oxygen atoms in total. The van der Waals surface area contributed by atoms with Crippen molar-refractivity contribution >= 4 is 27.3 Å². The third-order valence-corrected chi connectivity index (χ3v) is 3.34. The molecule has 0 bridgehead atoms. The number of aryl methyl sites for hydroxylation is 2. The third kappa shape index (κ3) is 4.09. The minimum atomic E-state index is -3.31. The zero-order chi connectivity index (χ0) is 15.6. The van der Waals surface area contributed by atoms with Gasteiger partial charge in [0, 0.05) is 11.4 Å². The Morgan fingerprint density at radius 3 is 2.14 bits per heavy atom. The molecule has 112 valence electrons. The molecule has 0 spiro atoms. The van der Waals surface area contributed by atoms with Crippen LogP contribution in [0.4, 0.5) is 11.4 Å². The molecule has 0 unspecified atom stereocenters. The summed E-state index contributed by atoms with van der Waals surface area (Å²) >= 11 is 0. The van der Waals surface area contributed by atoms with E-state index in [1.165, 1.54) is 0 Å². The zero-order valence-corrected chi connectivity index (χ0v) is 12.7. The number of rotatable bonds is 4. The van der Waals surface area contributed by atoms with E-state index in [1.54, 1.807) is 44.2 Å². The first-order valence-electron chi connectivity index (χ1n) is 6.21. The van der Waals surface area contributed by atoms with Crippen LogP contribution in [0.15, 0.2) is 34.7 Å². The maximum absolute atomic E-state index is 12.1. The van der Waals surface area contributed by atoms with Gasteiger partial charge in [0.15, 0.2) is 0 Å². The Kier molecular flexibility index (Phi) is 4.04. The molecule has 1 amide bonds. The minimum Gasteiger partial charge on any atom is -0.466 e. The molecule has 0 fully saturated rings. The number of hydrogen-bond acceptors (Lipinski definition) is 4. The Morgan fingerprint density at radius 2 is 1.67 bits per heavy atom. The summed E-state index contributed by atoms with van der Waals surface area (Å²) in [7, 11) is -3.31. The van der Waals surface area contributed by atoms with Crippen molar-refractivity contribution < 1.29 is 17.6 Å². The smallest absolute Gasteiger partial charge is 0.259 e. The number of hydrogen-bond donors (Lipinski definition) is 2. The van der Waals surface area contributed by atoms with Gasteiger partial charge in [-0.15, -0.1) is 0 Å². The topological polar surface area (TPSA) is 88.4 Å². The molecule has 0 aliphatic heterocycles. The predicted octanol–water partition coefficient (Wildman–Crippen LogP) is 2.52. The highest BCUT2D eigenvalue weighted by molar-refractivity contribution is 7.92. The van der Waals surface area contributed by atoms with E-state index in [2.05, 4.69) is 10.0 Å². The fourth-order valence-electron chi connectivity index (χ4n) is 1.89. The van der Waals surface area contributed by atoms with E-state index in [0.717, 1.165) is 6.26 Å². The summed E-state index contributed by atoms with van der Waals surface area (Å²) < 4.78 is 29.9. The van der Waals surface area contributed by atoms with E-state index >= 15 is 0 Å². The van der Waals surface area contributed by atoms with Crippen LogP contribution in [0.1, 0.15) is 21.9 Å². The summed E-state index contributed by atoms with van der Waals surface area (Å²) in [5, 5.41) is 2.73. The molecular weight excluding hydrogens is 292 g/mol. The molecule has 0 aliphatic rings. The molecule has 0 atom stereocenters. The number of furan rings is 1. The number of sulfonamides is 1. The number of carbonyl (C=O) groups is 1. The lowest BCUT2D eigenvalue weighted by molar-refractivity contribution is 0.102. The molecule has 0 aliphatic carbocycles. The molecule has 21 heavy (non-hydrogen) atoms. The third-order valence-electron chi connectivity index (χ3n) is 2.73. The van der Waals surface area contributed by atoms with E-state index in [9.17, 15) is 13.2 Å². The number of benzene rings is 1. The van der Waals surface area contributed by atoms with E-state index in [1.807, 2.05) is 0 Å². The van der Waals surface area contributed by atoms with Crippen LogP contribution in [0, 0.1) is 13.8 Å². The SMILES string of the molecule is Cc1cc(C(=O)Nc2ccc(NS(C)(=O)=O)cc2)c(C)o1. The maximum Gasteiger partial charge on any atom is 0.259 e. The van der Waals surface area contributed by atoms with Crippen molar-refractivity contribution in [3.05, 3.63) is 47.4 Å². The van der Waals surface area contributed by atoms with Crippen LogP contribution >= 0.6 is 0 Å². The van der Waals surface area contributed by atoms with Gasteiger partial charge < -0.3 is 9.73 Å². The Morgan fingerprint density at radius 1 is 1.10 bits per heavy atom. The van der Waals surface area contributed by atoms with Crippen molar-refractivity contribution in [3.63, 3.8) is 0 Å². The van der Waals surface area contributed by atoms with Gasteiger partial charge in [0.05, 0.1) is 11.8 Å². The standard InChI is InChI=1S/C14H16N2O4S/c1-9-8-13(10(2)20-9)14(17)15-11-4-6-12(7-5-11)16-21(3,18)19/h4-8,16H,1-3H3,(H,15,17). The fourth-order valence-corrected chi connectivity index (χ4v) is 2.45. The Labute approximate surface area is 123 Å². The molecule has 2 aromatic rings. The first-order chi connectivity index (χ1) is 9.74. The summed E-state index contributed by atoms with van der Waals surface area (Å²) in [6.45, 7) is 3.50. The van der Waals surface area contributed by atoms with Crippen molar-refractivity contribution in [2.75, 3.05) is 16.3 Å². The highest BCUT2D eigenvalue weighted by Crippen LogP contribution is 2.18. The van der Waals surface area contributed by atoms with Crippen molar-refractivity contribution in [3.8, 4) is 0 Å². The van der Waals surface area contributed by atoms with E-state index in [4.69, 9.17) is 4.42 Å². The van der Waals surface area contributed by atoms with Gasteiger partial charge in [-0.05, 0) is 44.2 Å². The quantitative estimate of drug-likeness (QED) is 0.908. The molecule has 0 saturated heterocycles. The second-order valence-corrected chi connectivity index (χ2v) is 6.48. The summed E-state index contributed by atoms with van der Waals surface area (Å²) in [4.78, 5) is 12.1. The van der Waals surface area contributed by atoms with Crippen LogP contribution in [0.25, 0.3) is 0 Å². The van der Waals surface area contributed by atoms with Gasteiger partial charge in [-0.25, -0.2) is 8.42 Å². The molecule has 1 aromatic carbocycles. The lowest BCUT2D eigenvalue weighted by atomic mass is 10.2. The van der Waals surface area contributed by atoms with E-state index in [-0.39, 0.29) is 5.91 Å². The van der Waals surface area contributed by atoms with Crippen molar-refractivity contribution in [2.24, 2.45) is 0 Å². The summed E-state index contributed by atoms with van der Waals surface area (Å²) in [6, 6.07) is 8.06. The lowest BCUT2D eigenvalue weighted by Crippen LogP contribution is -2.12. The second kappa shape index (κ2) is 5.61. The van der Waals surface area contributed by atoms with E-state index < -0.39 is 10.0 Å². The zero-order valence-electron chi connectivity index (χ0n) is 11.9. The van der Waals surface area contributed by atoms with Crippen LogP contribution in [-0.4, -0.2) is 20.6 Å². The first kappa shape index (κ1) is 15.1. The number of anilines is 2. The lowest BCUT2D eigenvalue weighted by Gasteiger charge is -2.07. The molecule has 7 heteroatoms. The van der Waals surface area contributed by atoms with Gasteiger partial charge in [0.25, 0.3) is 5.91 Å². The monoisotopic (exact) mass is 308 g/mol. The Bertz CT molecular complexity index is 761. The molecule has 2 N–H and O–H groups in total. The van der Waals surface area contributed by atoms with Gasteiger partial charge in [-0.3, -0.25) is 9.52 Å². The highest BCUT2D eigenvalue weighted by Gasteiger charge is 2.13. The molecular formula is C14H16N2O4S. The number of carbonyl (C=O) groups excluding carboxylic acids is 1. The Balaban J connectivity index is 2.10. The van der Waals surface area contributed by atoms with Crippen LogP contribution < -0.4 is 10.0 Å². The van der Waals surface area contributed by atoms with Crippen LogP contribution in [0.5, 0.6) is 0 Å². The van der Waals surface area contributed by atoms with Gasteiger partial charge in [-0.1, -0.05) is 0 Å². The summed E-state index contributed by atoms with van der Waals surface area (Å²) in [5.41, 5.74) is 1.48. The largest absolute Gasteiger partial charge is 0.466 e. The van der Waals surface area contributed by atoms with Crippen LogP contribution in [0.3, 0.4) is 0 Å². The molecule has 0 saturated carbocycles. The van der Waals surface area contributed by atoms with Crippen molar-refractivity contribution in [2.45, 2.75) is 13.8 Å². The average molecular weight is 308 g/mol. The van der Waals surface area contributed by atoms with E-state index in [0.29, 0.717) is 28.5 Å². The van der Waals surface area contributed by atoms with Crippen LogP contribution in [-0.2, 0) is 10.0 Å². The van der Waals surface area contributed by atoms with Gasteiger partial charge in [-0.2, -0.15) is 0 Å². The second-order valence-electron chi connectivity index (χ2n) is 4.73. The normalized spacial score (nSPS) is 11.2. The fraction of sp³-hybridized carbons (Fsp3) is 0.214. The average Bonchev–Trinajstić information content (AvgIpc) is 2.69. The minimum absolute atomic E-state index is 0.270. The van der Waals surface area contributed by atoms with Crippen molar-refractivity contribution in [1.29, 1.82) is 0 Å². The molecule has 0 radical (unpaired) electrons. The molecule has 1 aromatic heterocycles. The van der Waals surface area contributed by atoms with Crippen LogP contribution in [0.2, 0.25) is 0 Å². The first-order valence-corrected chi connectivity index (χ1v) is 8.10. The summed E-state index contributed by atoms with van der Waals surface area (Å²) in [6.07, 6.45) is 1.08. The van der Waals surface area contributed by atoms with Crippen molar-refractivity contribution in [1.82, 2.24) is 0 Å². The summed E-state index contributed by atoms with van der Waals surface area (Å²) in [5.74, 6) is 0.957. The number of nitrogens with one attached hydrogen (secondary N) is 2. The predicted molar refractivity (Wildman–Crippen MR) is 81.0 cm³/mol. The number of amides is 1. The Hall–Kier alpha value is -2.28. The molecule has 1 heterocycles. The highest BCUT2D eigenvalue weighted by atomic mass is 32.2. The van der Waals surface area contributed by atoms with Gasteiger partial charge in [0.2, 0.25) is 10.0 Å². The maximum atomic E-state index is 12.1. The van der Waals surface area contributed by atoms with Gasteiger partial charge in [0.1, 0.15) is 11.5 Å². The molecule has 2 rings (SSSR count).